The van der Waals surface area contributed by atoms with E-state index in [1.807, 2.05) is 41.8 Å². The molecule has 6 amide bonds. The van der Waals surface area contributed by atoms with Crippen molar-refractivity contribution in [1.82, 2.24) is 30.5 Å². The fraction of sp³-hybridized carbons (Fsp3) is 0.348. The summed E-state index contributed by atoms with van der Waals surface area (Å²) in [5, 5.41) is 18.7. The van der Waals surface area contributed by atoms with Crippen molar-refractivity contribution in [3.05, 3.63) is 123 Å². The number of thiophene rings is 1. The molecule has 3 aromatic carbocycles. The van der Waals surface area contributed by atoms with Gasteiger partial charge in [-0.05, 0) is 60.2 Å². The van der Waals surface area contributed by atoms with Crippen molar-refractivity contribution < 1.29 is 47.7 Å². The standard InChI is InChI=1S/C46H48Cl2N8O10S/c47-27-40(58)55(42(38-10-5-25-67-38)44(60)50-16-15-30-6-2-1-3-7-30)32-11-13-37(34(48)26-32)66-29-31-28-54(53-52-31)18-20-64-22-24-65-23-21-63-19-17-49-35-9-4-8-33-41(35)46(62)56(45(33)61)36-12-14-39(57)51-43(36)59/h1-11,13,25-26,28,36,42,49H,12,14-24,27,29H2,(H,50,60)(H,51,57,59). The topological polar surface area (TPSA) is 213 Å². The summed E-state index contributed by atoms with van der Waals surface area (Å²) in [5.74, 6) is -3.06. The third kappa shape index (κ3) is 12.6. The van der Waals surface area contributed by atoms with Crippen LogP contribution in [0.3, 0.4) is 0 Å². The monoisotopic (exact) mass is 974 g/mol. The van der Waals surface area contributed by atoms with Crippen molar-refractivity contribution in [3.8, 4) is 5.75 Å². The number of benzene rings is 3. The van der Waals surface area contributed by atoms with Crippen LogP contribution in [0, 0.1) is 0 Å². The maximum Gasteiger partial charge on any atom is 0.264 e. The smallest absolute Gasteiger partial charge is 0.264 e. The van der Waals surface area contributed by atoms with Crippen LogP contribution >= 0.6 is 34.5 Å². The summed E-state index contributed by atoms with van der Waals surface area (Å²) < 4.78 is 24.5. The lowest BCUT2D eigenvalue weighted by molar-refractivity contribution is -0.136. The maximum atomic E-state index is 13.7. The van der Waals surface area contributed by atoms with E-state index in [4.69, 9.17) is 42.1 Å². The van der Waals surface area contributed by atoms with Crippen molar-refractivity contribution >= 4 is 81.4 Å². The van der Waals surface area contributed by atoms with Gasteiger partial charge in [-0.1, -0.05) is 59.3 Å². The van der Waals surface area contributed by atoms with Gasteiger partial charge in [0.2, 0.25) is 23.6 Å². The van der Waals surface area contributed by atoms with Gasteiger partial charge in [-0.2, -0.15) is 0 Å². The SMILES string of the molecule is O=C1CCC(N2C(=O)c3cccc(NCCOCCOCCOCCn4cc(COc5ccc(N(C(=O)CCl)C(C(=O)NCCc6ccccc6)c6cccs6)cc5Cl)nn4)c3C2=O)C(=O)N1. The summed E-state index contributed by atoms with van der Waals surface area (Å²) in [6.45, 7) is 3.26. The lowest BCUT2D eigenvalue weighted by Gasteiger charge is -2.30. The number of imide groups is 2. The molecule has 2 aromatic heterocycles. The average molecular weight is 976 g/mol. The molecular formula is C46H48Cl2N8O10S. The van der Waals surface area contributed by atoms with Crippen molar-refractivity contribution in [2.45, 2.75) is 44.5 Å². The fourth-order valence-corrected chi connectivity index (χ4v) is 8.61. The maximum absolute atomic E-state index is 13.7. The molecule has 2 aliphatic rings. The second-order valence-electron chi connectivity index (χ2n) is 15.2. The van der Waals surface area contributed by atoms with E-state index in [0.717, 1.165) is 10.5 Å². The van der Waals surface area contributed by atoms with E-state index < -0.39 is 41.6 Å². The molecule has 2 aliphatic heterocycles. The van der Waals surface area contributed by atoms with Crippen LogP contribution in [0.5, 0.6) is 5.75 Å². The molecule has 1 fully saturated rings. The lowest BCUT2D eigenvalue weighted by Crippen LogP contribution is -2.54. The van der Waals surface area contributed by atoms with Gasteiger partial charge in [0.25, 0.3) is 11.8 Å². The Morgan fingerprint density at radius 2 is 1.67 bits per heavy atom. The van der Waals surface area contributed by atoms with Gasteiger partial charge in [0.15, 0.2) is 0 Å². The van der Waals surface area contributed by atoms with Crippen LogP contribution < -0.4 is 25.6 Å². The van der Waals surface area contributed by atoms with E-state index in [1.54, 1.807) is 53.3 Å². The van der Waals surface area contributed by atoms with Gasteiger partial charge in [0.1, 0.15) is 36.0 Å². The number of aromatic nitrogens is 3. The zero-order valence-corrected chi connectivity index (χ0v) is 38.5. The second-order valence-corrected chi connectivity index (χ2v) is 16.8. The molecule has 2 unspecified atom stereocenters. The Labute approximate surface area is 399 Å². The van der Waals surface area contributed by atoms with Crippen LogP contribution in [0.1, 0.15) is 55.7 Å². The highest BCUT2D eigenvalue weighted by Gasteiger charge is 2.45. The Bertz CT molecular complexity index is 2530. The predicted molar refractivity (Wildman–Crippen MR) is 248 cm³/mol. The molecule has 0 bridgehead atoms. The van der Waals surface area contributed by atoms with E-state index in [2.05, 4.69) is 26.3 Å². The number of ether oxygens (including phenoxy) is 4. The fourth-order valence-electron chi connectivity index (χ4n) is 7.44. The predicted octanol–water partition coefficient (Wildman–Crippen LogP) is 4.81. The van der Waals surface area contributed by atoms with Crippen LogP contribution in [0.25, 0.3) is 0 Å². The van der Waals surface area contributed by atoms with Crippen molar-refractivity contribution in [1.29, 1.82) is 0 Å². The van der Waals surface area contributed by atoms with Gasteiger partial charge in [0.05, 0.1) is 68.5 Å². The van der Waals surface area contributed by atoms with Gasteiger partial charge in [0, 0.05) is 35.8 Å². The number of rotatable bonds is 25. The molecule has 18 nitrogen and oxygen atoms in total. The van der Waals surface area contributed by atoms with Gasteiger partial charge in [-0.25, -0.2) is 4.68 Å². The van der Waals surface area contributed by atoms with Crippen LogP contribution in [-0.4, -0.2) is 120 Å². The summed E-state index contributed by atoms with van der Waals surface area (Å²) in [6.07, 6.45) is 2.49. The molecule has 21 heteroatoms. The average Bonchev–Trinajstić information content (AvgIpc) is 4.09. The van der Waals surface area contributed by atoms with Crippen molar-refractivity contribution in [2.75, 3.05) is 68.8 Å². The molecule has 4 heterocycles. The molecule has 0 saturated carbocycles. The highest BCUT2D eigenvalue weighted by molar-refractivity contribution is 7.10. The minimum atomic E-state index is -1.03. The summed E-state index contributed by atoms with van der Waals surface area (Å²) in [4.78, 5) is 80.2. The van der Waals surface area contributed by atoms with Crippen molar-refractivity contribution in [2.24, 2.45) is 0 Å². The Kier molecular flexibility index (Phi) is 17.4. The Morgan fingerprint density at radius 1 is 0.896 bits per heavy atom. The third-order valence-electron chi connectivity index (χ3n) is 10.7. The number of nitrogens with zero attached hydrogens (tertiary/aromatic N) is 5. The highest BCUT2D eigenvalue weighted by atomic mass is 35.5. The molecule has 7 rings (SSSR count). The first kappa shape index (κ1) is 48.7. The summed E-state index contributed by atoms with van der Waals surface area (Å²) in [7, 11) is 0. The number of alkyl halides is 1. The first-order valence-corrected chi connectivity index (χ1v) is 23.3. The van der Waals surface area contributed by atoms with E-state index >= 15 is 0 Å². The molecule has 352 valence electrons. The highest BCUT2D eigenvalue weighted by Crippen LogP contribution is 2.36. The number of anilines is 2. The van der Waals surface area contributed by atoms with Crippen LogP contribution in [0.2, 0.25) is 5.02 Å². The largest absolute Gasteiger partial charge is 0.486 e. The quantitative estimate of drug-likeness (QED) is 0.0408. The van der Waals surface area contributed by atoms with Gasteiger partial charge in [-0.15, -0.1) is 28.0 Å². The zero-order chi connectivity index (χ0) is 47.1. The Morgan fingerprint density at radius 3 is 2.40 bits per heavy atom. The first-order chi connectivity index (χ1) is 32.6. The van der Waals surface area contributed by atoms with Gasteiger partial charge >= 0.3 is 0 Å². The number of carbonyl (C=O) groups is 6. The Balaban J connectivity index is 0.781. The summed E-state index contributed by atoms with van der Waals surface area (Å²) >= 11 is 14.1. The van der Waals surface area contributed by atoms with Crippen molar-refractivity contribution in [3.63, 3.8) is 0 Å². The zero-order valence-electron chi connectivity index (χ0n) is 36.2. The molecule has 5 aromatic rings. The summed E-state index contributed by atoms with van der Waals surface area (Å²) in [5.41, 5.74) is 2.85. The molecule has 0 aliphatic carbocycles. The van der Waals surface area contributed by atoms with Crippen LogP contribution in [-0.2, 0) is 53.0 Å². The first-order valence-electron chi connectivity index (χ1n) is 21.5. The molecular weight excluding hydrogens is 928 g/mol. The number of piperidine rings is 1. The molecule has 1 saturated heterocycles. The number of nitrogens with one attached hydrogen (secondary N) is 3. The Hall–Kier alpha value is -6.22. The van der Waals surface area contributed by atoms with Crippen LogP contribution in [0.15, 0.2) is 90.4 Å². The molecule has 3 N–H and O–H groups in total. The third-order valence-corrected chi connectivity index (χ3v) is 12.1. The molecule has 0 radical (unpaired) electrons. The lowest BCUT2D eigenvalue weighted by atomic mass is 10.0. The number of hydrogen-bond donors (Lipinski definition) is 3. The normalized spacial score (nSPS) is 15.0. The van der Waals surface area contributed by atoms with Crippen LogP contribution in [0.4, 0.5) is 11.4 Å². The number of carbonyl (C=O) groups excluding carboxylic acids is 6. The number of hydrogen-bond acceptors (Lipinski definition) is 14. The summed E-state index contributed by atoms with van der Waals surface area (Å²) in [6, 6.07) is 21.1. The van der Waals surface area contributed by atoms with E-state index in [9.17, 15) is 28.8 Å². The van der Waals surface area contributed by atoms with E-state index in [0.29, 0.717) is 93.4 Å². The molecule has 2 atom stereocenters. The number of fused-ring (bicyclic) bond motifs is 1. The van der Waals surface area contributed by atoms with E-state index in [-0.39, 0.29) is 47.4 Å². The molecule has 67 heavy (non-hydrogen) atoms. The number of amides is 6. The minimum absolute atomic E-state index is 0.0479. The second kappa shape index (κ2) is 24.0. The molecule has 0 spiro atoms. The van der Waals surface area contributed by atoms with Gasteiger partial charge in [-0.3, -0.25) is 43.9 Å². The minimum Gasteiger partial charge on any atom is -0.486 e. The number of halogens is 2. The van der Waals surface area contributed by atoms with Gasteiger partial charge < -0.3 is 29.6 Å². The van der Waals surface area contributed by atoms with E-state index in [1.165, 1.54) is 16.2 Å².